The van der Waals surface area contributed by atoms with Crippen molar-refractivity contribution < 1.29 is 12.9 Å². The number of hydrogen-bond donors (Lipinski definition) is 3. The van der Waals surface area contributed by atoms with Crippen LogP contribution in [-0.4, -0.2) is 39.7 Å². The summed E-state index contributed by atoms with van der Waals surface area (Å²) in [5.74, 6) is 1.57. The molecule has 0 fully saturated rings. The van der Waals surface area contributed by atoms with Crippen molar-refractivity contribution in [2.75, 3.05) is 20.1 Å². The van der Waals surface area contributed by atoms with E-state index in [1.54, 1.807) is 31.3 Å². The maximum Gasteiger partial charge on any atom is 0.240 e. The van der Waals surface area contributed by atoms with Crippen LogP contribution in [0.1, 0.15) is 36.8 Å². The largest absolute Gasteiger partial charge is 0.359 e. The molecule has 0 unspecified atom stereocenters. The summed E-state index contributed by atoms with van der Waals surface area (Å²) in [5, 5.41) is 10.2. The Morgan fingerprint density at radius 3 is 2.43 bits per heavy atom. The van der Waals surface area contributed by atoms with Gasteiger partial charge >= 0.3 is 0 Å². The third-order valence-electron chi connectivity index (χ3n) is 3.86. The van der Waals surface area contributed by atoms with Crippen molar-refractivity contribution >= 4 is 40.0 Å². The number of aromatic nitrogens is 1. The summed E-state index contributed by atoms with van der Waals surface area (Å²) in [6.07, 6.45) is 0. The molecule has 0 aliphatic carbocycles. The van der Waals surface area contributed by atoms with Crippen molar-refractivity contribution in [3.05, 3.63) is 47.3 Å². The summed E-state index contributed by atoms with van der Waals surface area (Å²) in [4.78, 5) is 4.35. The van der Waals surface area contributed by atoms with Crippen LogP contribution in [0.2, 0.25) is 0 Å². The SMILES string of the molecule is CN=C(NCCNS(=O)(=O)c1ccc(C)cc1)NCc1cc(C(C)C)no1.I. The second-order valence-electron chi connectivity index (χ2n) is 6.44. The number of sulfonamides is 1. The van der Waals surface area contributed by atoms with E-state index in [9.17, 15) is 8.42 Å². The zero-order chi connectivity index (χ0) is 19.9. The van der Waals surface area contributed by atoms with E-state index in [0.717, 1.165) is 11.3 Å². The van der Waals surface area contributed by atoms with Crippen LogP contribution < -0.4 is 15.4 Å². The highest BCUT2D eigenvalue weighted by molar-refractivity contribution is 14.0. The monoisotopic (exact) mass is 521 g/mol. The summed E-state index contributed by atoms with van der Waals surface area (Å²) < 4.78 is 32.3. The maximum absolute atomic E-state index is 12.2. The lowest BCUT2D eigenvalue weighted by Gasteiger charge is -2.11. The lowest BCUT2D eigenvalue weighted by molar-refractivity contribution is 0.372. The predicted molar refractivity (Wildman–Crippen MR) is 121 cm³/mol. The normalized spacial score (nSPS) is 12.0. The number of guanidine groups is 1. The van der Waals surface area contributed by atoms with Gasteiger partial charge in [-0.15, -0.1) is 24.0 Å². The molecule has 0 saturated heterocycles. The molecule has 2 rings (SSSR count). The molecule has 0 atom stereocenters. The number of nitrogens with zero attached hydrogens (tertiary/aromatic N) is 2. The molecule has 0 radical (unpaired) electrons. The molecule has 1 aromatic heterocycles. The summed E-state index contributed by atoms with van der Waals surface area (Å²) in [6.45, 7) is 7.07. The van der Waals surface area contributed by atoms with E-state index in [1.807, 2.05) is 26.8 Å². The molecular formula is C18H28IN5O3S. The molecule has 0 aliphatic heterocycles. The van der Waals surface area contributed by atoms with Gasteiger partial charge < -0.3 is 15.2 Å². The van der Waals surface area contributed by atoms with Gasteiger partial charge in [-0.1, -0.05) is 36.7 Å². The Labute approximate surface area is 183 Å². The Kier molecular flexibility index (Phi) is 9.90. The molecule has 0 saturated carbocycles. The van der Waals surface area contributed by atoms with Gasteiger partial charge in [0.25, 0.3) is 0 Å². The number of halogens is 1. The van der Waals surface area contributed by atoms with Gasteiger partial charge in [-0.25, -0.2) is 13.1 Å². The molecule has 2 aromatic rings. The second kappa shape index (κ2) is 11.4. The Morgan fingerprint density at radius 2 is 1.86 bits per heavy atom. The highest BCUT2D eigenvalue weighted by Gasteiger charge is 2.13. The first-order chi connectivity index (χ1) is 12.8. The third kappa shape index (κ3) is 7.40. The van der Waals surface area contributed by atoms with Crippen molar-refractivity contribution in [2.24, 2.45) is 4.99 Å². The molecule has 1 aromatic carbocycles. The second-order valence-corrected chi connectivity index (χ2v) is 8.20. The van der Waals surface area contributed by atoms with Crippen LogP contribution >= 0.6 is 24.0 Å². The predicted octanol–water partition coefficient (Wildman–Crippen LogP) is 2.37. The minimum Gasteiger partial charge on any atom is -0.359 e. The average molecular weight is 521 g/mol. The molecule has 1 heterocycles. The van der Waals surface area contributed by atoms with Gasteiger partial charge in [0.2, 0.25) is 10.0 Å². The quantitative estimate of drug-likeness (QED) is 0.213. The number of aryl methyl sites for hydroxylation is 1. The van der Waals surface area contributed by atoms with Crippen LogP contribution in [0.5, 0.6) is 0 Å². The summed E-state index contributed by atoms with van der Waals surface area (Å²) in [5.41, 5.74) is 1.91. The van der Waals surface area contributed by atoms with Gasteiger partial charge in [-0.05, 0) is 25.0 Å². The summed E-state index contributed by atoms with van der Waals surface area (Å²) >= 11 is 0. The molecule has 28 heavy (non-hydrogen) atoms. The van der Waals surface area contributed by atoms with E-state index in [2.05, 4.69) is 25.5 Å². The number of nitrogens with one attached hydrogen (secondary N) is 3. The first-order valence-corrected chi connectivity index (χ1v) is 10.3. The van der Waals surface area contributed by atoms with Crippen molar-refractivity contribution in [1.82, 2.24) is 20.5 Å². The van der Waals surface area contributed by atoms with Crippen LogP contribution in [-0.2, 0) is 16.6 Å². The van der Waals surface area contributed by atoms with Gasteiger partial charge in [0.1, 0.15) is 0 Å². The molecule has 156 valence electrons. The van der Waals surface area contributed by atoms with E-state index in [1.165, 1.54) is 0 Å². The maximum atomic E-state index is 12.2. The van der Waals surface area contributed by atoms with Gasteiger partial charge in [0.05, 0.1) is 17.1 Å². The van der Waals surface area contributed by atoms with E-state index >= 15 is 0 Å². The Hall–Kier alpha value is -1.66. The molecule has 0 aliphatic rings. The van der Waals surface area contributed by atoms with Crippen LogP contribution in [0.4, 0.5) is 0 Å². The van der Waals surface area contributed by atoms with Crippen LogP contribution in [0.25, 0.3) is 0 Å². The third-order valence-corrected chi connectivity index (χ3v) is 5.34. The Bertz CT molecular complexity index is 864. The number of rotatable bonds is 8. The van der Waals surface area contributed by atoms with E-state index in [-0.39, 0.29) is 35.4 Å². The van der Waals surface area contributed by atoms with Gasteiger partial charge in [0, 0.05) is 26.2 Å². The lowest BCUT2D eigenvalue weighted by Crippen LogP contribution is -2.41. The van der Waals surface area contributed by atoms with Crippen LogP contribution in [0.15, 0.2) is 44.7 Å². The van der Waals surface area contributed by atoms with Crippen molar-refractivity contribution in [3.8, 4) is 0 Å². The topological polar surface area (TPSA) is 109 Å². The van der Waals surface area contributed by atoms with Crippen molar-refractivity contribution in [2.45, 2.75) is 38.1 Å². The molecule has 0 amide bonds. The highest BCUT2D eigenvalue weighted by atomic mass is 127. The Morgan fingerprint density at radius 1 is 1.18 bits per heavy atom. The number of hydrogen-bond acceptors (Lipinski definition) is 5. The van der Waals surface area contributed by atoms with Crippen molar-refractivity contribution in [1.29, 1.82) is 0 Å². The van der Waals surface area contributed by atoms with E-state index < -0.39 is 10.0 Å². The zero-order valence-electron chi connectivity index (χ0n) is 16.5. The molecular weight excluding hydrogens is 493 g/mol. The summed E-state index contributed by atoms with van der Waals surface area (Å²) in [6, 6.07) is 8.63. The molecule has 0 spiro atoms. The van der Waals surface area contributed by atoms with Gasteiger partial charge in [-0.2, -0.15) is 0 Å². The fraction of sp³-hybridized carbons (Fsp3) is 0.444. The Balaban J connectivity index is 0.00000392. The molecule has 8 nitrogen and oxygen atoms in total. The average Bonchev–Trinajstić information content (AvgIpc) is 3.11. The lowest BCUT2D eigenvalue weighted by atomic mass is 10.1. The number of benzene rings is 1. The zero-order valence-corrected chi connectivity index (χ0v) is 19.7. The molecule has 0 bridgehead atoms. The van der Waals surface area contributed by atoms with Crippen LogP contribution in [0, 0.1) is 6.92 Å². The number of aliphatic imine (C=N–C) groups is 1. The first-order valence-electron chi connectivity index (χ1n) is 8.78. The van der Waals surface area contributed by atoms with E-state index in [4.69, 9.17) is 4.52 Å². The standard InChI is InChI=1S/C18H27N5O3S.HI/c1-13(2)17-11-15(26-23-17)12-21-18(19-4)20-9-10-22-27(24,25)16-7-5-14(3)6-8-16;/h5-8,11,13,22H,9-10,12H2,1-4H3,(H2,19,20,21);1H. The minimum atomic E-state index is -3.52. The minimum absolute atomic E-state index is 0. The fourth-order valence-corrected chi connectivity index (χ4v) is 3.27. The molecule has 3 N–H and O–H groups in total. The van der Waals surface area contributed by atoms with Gasteiger partial charge in [-0.3, -0.25) is 4.99 Å². The van der Waals surface area contributed by atoms with E-state index in [0.29, 0.717) is 30.7 Å². The van der Waals surface area contributed by atoms with Crippen LogP contribution in [0.3, 0.4) is 0 Å². The smallest absolute Gasteiger partial charge is 0.240 e. The van der Waals surface area contributed by atoms with Gasteiger partial charge in [0.15, 0.2) is 11.7 Å². The van der Waals surface area contributed by atoms with Crippen molar-refractivity contribution in [3.63, 3.8) is 0 Å². The summed E-state index contributed by atoms with van der Waals surface area (Å²) in [7, 11) is -1.87. The fourth-order valence-electron chi connectivity index (χ4n) is 2.24. The first kappa shape index (κ1) is 24.4. The molecule has 10 heteroatoms. The highest BCUT2D eigenvalue weighted by Crippen LogP contribution is 2.13.